The molecule has 2 heterocycles. The van der Waals surface area contributed by atoms with E-state index in [4.69, 9.17) is 4.42 Å². The van der Waals surface area contributed by atoms with Crippen molar-refractivity contribution in [3.63, 3.8) is 0 Å². The third-order valence-corrected chi connectivity index (χ3v) is 5.39. The molecule has 160 valence electrons. The van der Waals surface area contributed by atoms with Crippen molar-refractivity contribution in [2.24, 2.45) is 5.92 Å². The highest BCUT2D eigenvalue weighted by Crippen LogP contribution is 2.18. The third kappa shape index (κ3) is 7.52. The molecule has 0 atom stereocenters. The first kappa shape index (κ1) is 21.8. The number of likely N-dealkylation sites (tertiary alicyclic amines) is 1. The van der Waals surface area contributed by atoms with E-state index in [1.807, 2.05) is 0 Å². The predicted octanol–water partition coefficient (Wildman–Crippen LogP) is 3.35. The number of hydrogen-bond acceptors (Lipinski definition) is 4. The van der Waals surface area contributed by atoms with Crippen LogP contribution in [0.4, 0.5) is 0 Å². The van der Waals surface area contributed by atoms with Crippen molar-refractivity contribution in [1.82, 2.24) is 15.5 Å². The van der Waals surface area contributed by atoms with Crippen LogP contribution in [0.3, 0.4) is 0 Å². The number of furan rings is 1. The van der Waals surface area contributed by atoms with Crippen LogP contribution in [-0.4, -0.2) is 36.3 Å². The number of hydrogen-bond donors (Lipinski definition) is 2. The number of piperidine rings is 1. The molecule has 1 aromatic carbocycles. The predicted molar refractivity (Wildman–Crippen MR) is 117 cm³/mol. The van der Waals surface area contributed by atoms with Crippen LogP contribution in [0.5, 0.6) is 0 Å². The maximum Gasteiger partial charge on any atom is 0.244 e. The first-order valence-corrected chi connectivity index (χ1v) is 10.6. The molecule has 6 heteroatoms. The van der Waals surface area contributed by atoms with Gasteiger partial charge in [0.2, 0.25) is 11.8 Å². The Bertz CT molecular complexity index is 820. The van der Waals surface area contributed by atoms with Gasteiger partial charge in [-0.3, -0.25) is 14.5 Å². The fourth-order valence-corrected chi connectivity index (χ4v) is 3.43. The number of carbonyl (C=O) groups excluding carboxylic acids is 2. The number of amides is 2. The van der Waals surface area contributed by atoms with Gasteiger partial charge in [0.25, 0.3) is 0 Å². The molecule has 1 aliphatic rings. The van der Waals surface area contributed by atoms with Crippen LogP contribution in [-0.2, 0) is 22.7 Å². The van der Waals surface area contributed by atoms with E-state index in [-0.39, 0.29) is 18.2 Å². The fraction of sp³-hybridized carbons (Fsp3) is 0.417. The maximum absolute atomic E-state index is 12.0. The summed E-state index contributed by atoms with van der Waals surface area (Å²) in [7, 11) is 0. The zero-order valence-electron chi connectivity index (χ0n) is 17.6. The summed E-state index contributed by atoms with van der Waals surface area (Å²) in [6, 6.07) is 11.9. The summed E-state index contributed by atoms with van der Waals surface area (Å²) in [5.41, 5.74) is 2.38. The fourth-order valence-electron chi connectivity index (χ4n) is 3.43. The quantitative estimate of drug-likeness (QED) is 0.623. The van der Waals surface area contributed by atoms with Gasteiger partial charge >= 0.3 is 0 Å². The van der Waals surface area contributed by atoms with Gasteiger partial charge in [0.05, 0.1) is 6.26 Å². The lowest BCUT2D eigenvalue weighted by Crippen LogP contribution is -2.32. The highest BCUT2D eigenvalue weighted by molar-refractivity contribution is 5.91. The minimum Gasteiger partial charge on any atom is -0.465 e. The normalized spacial score (nSPS) is 15.4. The molecule has 2 aromatic rings. The molecule has 0 saturated carbocycles. The van der Waals surface area contributed by atoms with Crippen molar-refractivity contribution in [3.05, 3.63) is 65.6 Å². The maximum atomic E-state index is 12.0. The molecule has 0 aliphatic carbocycles. The van der Waals surface area contributed by atoms with Gasteiger partial charge in [0.1, 0.15) is 5.76 Å². The Labute approximate surface area is 178 Å². The molecule has 0 bridgehead atoms. The van der Waals surface area contributed by atoms with E-state index < -0.39 is 0 Å². The number of carbonyl (C=O) groups is 2. The van der Waals surface area contributed by atoms with Gasteiger partial charge in [0.15, 0.2) is 0 Å². The average molecular weight is 410 g/mol. The Morgan fingerprint density at radius 2 is 1.83 bits per heavy atom. The Morgan fingerprint density at radius 3 is 2.53 bits per heavy atom. The summed E-state index contributed by atoms with van der Waals surface area (Å²) < 4.78 is 5.12. The van der Waals surface area contributed by atoms with Crippen LogP contribution >= 0.6 is 0 Å². The molecular weight excluding hydrogens is 378 g/mol. The topological polar surface area (TPSA) is 74.6 Å². The second-order valence-electron chi connectivity index (χ2n) is 7.94. The van der Waals surface area contributed by atoms with E-state index in [0.29, 0.717) is 18.8 Å². The van der Waals surface area contributed by atoms with E-state index in [1.165, 1.54) is 37.6 Å². The van der Waals surface area contributed by atoms with E-state index >= 15 is 0 Å². The van der Waals surface area contributed by atoms with Crippen molar-refractivity contribution in [3.8, 4) is 0 Å². The van der Waals surface area contributed by atoms with Crippen LogP contribution in [0.2, 0.25) is 0 Å². The lowest BCUT2D eigenvalue weighted by molar-refractivity contribution is -0.121. The molecule has 0 radical (unpaired) electrons. The number of benzene rings is 1. The summed E-state index contributed by atoms with van der Waals surface area (Å²) in [6.45, 7) is 6.46. The SMILES string of the molecule is CC1CCN(Cc2ccc(CNC(=O)CCNC(=O)/C=C/c3ccco3)cc2)CC1. The molecule has 6 nitrogen and oxygen atoms in total. The third-order valence-electron chi connectivity index (χ3n) is 5.39. The molecule has 0 unspecified atom stereocenters. The van der Waals surface area contributed by atoms with Crippen molar-refractivity contribution in [2.75, 3.05) is 19.6 Å². The highest BCUT2D eigenvalue weighted by Gasteiger charge is 2.15. The first-order chi connectivity index (χ1) is 14.6. The Kier molecular flexibility index (Phi) is 8.27. The first-order valence-electron chi connectivity index (χ1n) is 10.6. The molecule has 30 heavy (non-hydrogen) atoms. The van der Waals surface area contributed by atoms with Gasteiger partial charge in [-0.1, -0.05) is 31.2 Å². The van der Waals surface area contributed by atoms with Gasteiger partial charge in [0, 0.05) is 32.1 Å². The lowest BCUT2D eigenvalue weighted by Gasteiger charge is -2.30. The summed E-state index contributed by atoms with van der Waals surface area (Å²) in [4.78, 5) is 26.2. The van der Waals surface area contributed by atoms with E-state index in [9.17, 15) is 9.59 Å². The van der Waals surface area contributed by atoms with Gasteiger partial charge < -0.3 is 15.1 Å². The molecule has 2 N–H and O–H groups in total. The Hall–Kier alpha value is -2.86. The summed E-state index contributed by atoms with van der Waals surface area (Å²) >= 11 is 0. The molecule has 1 fully saturated rings. The Morgan fingerprint density at radius 1 is 1.10 bits per heavy atom. The van der Waals surface area contributed by atoms with Gasteiger partial charge in [-0.2, -0.15) is 0 Å². The number of nitrogens with one attached hydrogen (secondary N) is 2. The molecule has 1 saturated heterocycles. The Balaban J connectivity index is 1.31. The van der Waals surface area contributed by atoms with Crippen LogP contribution in [0.1, 0.15) is 43.1 Å². The van der Waals surface area contributed by atoms with Crippen molar-refractivity contribution >= 4 is 17.9 Å². The van der Waals surface area contributed by atoms with Crippen LogP contribution in [0.25, 0.3) is 6.08 Å². The van der Waals surface area contributed by atoms with Crippen LogP contribution < -0.4 is 10.6 Å². The zero-order valence-corrected chi connectivity index (χ0v) is 17.6. The molecule has 0 spiro atoms. The largest absolute Gasteiger partial charge is 0.465 e. The summed E-state index contributed by atoms with van der Waals surface area (Å²) in [5.74, 6) is 1.12. The zero-order chi connectivity index (χ0) is 21.2. The van der Waals surface area contributed by atoms with Crippen molar-refractivity contribution < 1.29 is 14.0 Å². The van der Waals surface area contributed by atoms with Gasteiger partial charge in [-0.25, -0.2) is 0 Å². The van der Waals surface area contributed by atoms with E-state index in [0.717, 1.165) is 18.0 Å². The summed E-state index contributed by atoms with van der Waals surface area (Å²) in [5, 5.41) is 5.59. The molecule has 1 aliphatic heterocycles. The standard InChI is InChI=1S/C24H31N3O3/c1-19-11-14-27(15-12-19)18-21-6-4-20(5-7-21)17-26-24(29)10-13-25-23(28)9-8-22-3-2-16-30-22/h2-9,16,19H,10-15,17-18H2,1H3,(H,25,28)(H,26,29)/b9-8+. The van der Waals surface area contributed by atoms with E-state index in [1.54, 1.807) is 24.5 Å². The van der Waals surface area contributed by atoms with Crippen molar-refractivity contribution in [1.29, 1.82) is 0 Å². The molecule has 2 amide bonds. The molecule has 1 aromatic heterocycles. The second kappa shape index (κ2) is 11.4. The smallest absolute Gasteiger partial charge is 0.244 e. The molecular formula is C24H31N3O3. The van der Waals surface area contributed by atoms with Crippen LogP contribution in [0, 0.1) is 5.92 Å². The number of nitrogens with zero attached hydrogens (tertiary/aromatic N) is 1. The van der Waals surface area contributed by atoms with Crippen LogP contribution in [0.15, 0.2) is 53.2 Å². The molecule has 3 rings (SSSR count). The van der Waals surface area contributed by atoms with Gasteiger partial charge in [-0.15, -0.1) is 0 Å². The minimum absolute atomic E-state index is 0.0863. The monoisotopic (exact) mass is 409 g/mol. The average Bonchev–Trinajstić information content (AvgIpc) is 3.27. The number of rotatable bonds is 9. The minimum atomic E-state index is -0.252. The van der Waals surface area contributed by atoms with Gasteiger partial charge in [-0.05, 0) is 61.2 Å². The highest BCUT2D eigenvalue weighted by atomic mass is 16.3. The summed E-state index contributed by atoms with van der Waals surface area (Å²) in [6.07, 6.45) is 7.33. The lowest BCUT2D eigenvalue weighted by atomic mass is 9.99. The van der Waals surface area contributed by atoms with Crippen molar-refractivity contribution in [2.45, 2.75) is 39.3 Å². The second-order valence-corrected chi connectivity index (χ2v) is 7.94. The van der Waals surface area contributed by atoms with E-state index in [2.05, 4.69) is 46.7 Å².